The number of carbonyl (C=O) groups excluding carboxylic acids is 1. The molecule has 3 aliphatic rings. The topological polar surface area (TPSA) is 106 Å². The molecule has 0 saturated carbocycles. The summed E-state index contributed by atoms with van der Waals surface area (Å²) in [5, 5.41) is 12.3. The Kier molecular flexibility index (Phi) is 8.69. The van der Waals surface area contributed by atoms with Crippen LogP contribution in [0.2, 0.25) is 0 Å². The third kappa shape index (κ3) is 7.25. The zero-order chi connectivity index (χ0) is 23.3. The number of allylic oxidation sites excluding steroid dienone is 2. The summed E-state index contributed by atoms with van der Waals surface area (Å²) in [6, 6.07) is -0.0340. The SMILES string of the molecule is CC(/C=C/[C@@H]1C[C@]2(CO2)C[C@@H](CN)O1)=C\C[C@@H]1O[C@H](C)[C@H](NC(=O)C=CC(C)O)C[C@@H]1C. The summed E-state index contributed by atoms with van der Waals surface area (Å²) in [6.45, 7) is 9.22. The van der Waals surface area contributed by atoms with Crippen molar-refractivity contribution >= 4 is 5.91 Å². The number of carbonyl (C=O) groups is 1. The summed E-state index contributed by atoms with van der Waals surface area (Å²) in [5.74, 6) is 0.127. The lowest BCUT2D eigenvalue weighted by Gasteiger charge is -2.39. The summed E-state index contributed by atoms with van der Waals surface area (Å²) in [5.41, 5.74) is 6.99. The van der Waals surface area contributed by atoms with Gasteiger partial charge in [0, 0.05) is 25.5 Å². The number of hydrogen-bond donors (Lipinski definition) is 3. The third-order valence-electron chi connectivity index (χ3n) is 6.67. The average Bonchev–Trinajstić information content (AvgIpc) is 3.49. The molecule has 1 amide bonds. The Morgan fingerprint density at radius 1 is 1.28 bits per heavy atom. The second-order valence-electron chi connectivity index (χ2n) is 9.76. The number of rotatable bonds is 8. The van der Waals surface area contributed by atoms with E-state index in [2.05, 4.69) is 37.4 Å². The van der Waals surface area contributed by atoms with Crippen LogP contribution in [-0.2, 0) is 19.0 Å². The maximum absolute atomic E-state index is 12.0. The molecule has 3 aliphatic heterocycles. The smallest absolute Gasteiger partial charge is 0.244 e. The summed E-state index contributed by atoms with van der Waals surface area (Å²) in [7, 11) is 0. The molecule has 3 saturated heterocycles. The lowest BCUT2D eigenvalue weighted by Crippen LogP contribution is -2.50. The Balaban J connectivity index is 1.47. The van der Waals surface area contributed by atoms with E-state index >= 15 is 0 Å². The highest BCUT2D eigenvalue weighted by atomic mass is 16.6. The first-order chi connectivity index (χ1) is 15.2. The van der Waals surface area contributed by atoms with Crippen molar-refractivity contribution in [3.63, 3.8) is 0 Å². The maximum atomic E-state index is 12.0. The molecule has 3 heterocycles. The molecule has 3 rings (SSSR count). The summed E-state index contributed by atoms with van der Waals surface area (Å²) < 4.78 is 18.0. The van der Waals surface area contributed by atoms with Crippen LogP contribution in [-0.4, -0.2) is 66.3 Å². The van der Waals surface area contributed by atoms with Gasteiger partial charge in [-0.2, -0.15) is 0 Å². The second kappa shape index (κ2) is 11.1. The van der Waals surface area contributed by atoms with Crippen LogP contribution in [0.1, 0.15) is 53.4 Å². The number of aliphatic hydroxyl groups excluding tert-OH is 1. The van der Waals surface area contributed by atoms with Gasteiger partial charge in [-0.05, 0) is 39.5 Å². The van der Waals surface area contributed by atoms with Crippen LogP contribution in [0.15, 0.2) is 36.0 Å². The quantitative estimate of drug-likeness (QED) is 0.299. The molecule has 7 heteroatoms. The van der Waals surface area contributed by atoms with Crippen molar-refractivity contribution in [2.24, 2.45) is 11.7 Å². The van der Waals surface area contributed by atoms with Crippen molar-refractivity contribution in [3.05, 3.63) is 36.0 Å². The van der Waals surface area contributed by atoms with Crippen LogP contribution in [0.5, 0.6) is 0 Å². The molecular weight excluding hydrogens is 408 g/mol. The summed E-state index contributed by atoms with van der Waals surface area (Å²) >= 11 is 0. The second-order valence-corrected chi connectivity index (χ2v) is 9.76. The standard InChI is InChI=1S/C25H40N2O5/c1-16(5-8-20-12-25(15-30-25)13-21(14-26)32-20)6-9-23-17(2)11-22(19(4)31-23)27-24(29)10-7-18(3)28/h5-8,10,17-23,28H,9,11-15,26H2,1-4H3,(H,27,29)/b8-5+,10-7?,16-6+/t17-,18?,19+,20+,21-,22+,23-,25+/m0/s1. The van der Waals surface area contributed by atoms with Gasteiger partial charge in [-0.25, -0.2) is 0 Å². The van der Waals surface area contributed by atoms with E-state index in [1.807, 2.05) is 6.92 Å². The Labute approximate surface area is 192 Å². The van der Waals surface area contributed by atoms with Gasteiger partial charge in [0.15, 0.2) is 0 Å². The van der Waals surface area contributed by atoms with E-state index in [9.17, 15) is 9.90 Å². The maximum Gasteiger partial charge on any atom is 0.244 e. The Morgan fingerprint density at radius 2 is 2.03 bits per heavy atom. The van der Waals surface area contributed by atoms with E-state index in [0.29, 0.717) is 12.5 Å². The summed E-state index contributed by atoms with van der Waals surface area (Å²) in [6.07, 6.45) is 12.3. The van der Waals surface area contributed by atoms with Gasteiger partial charge in [0.1, 0.15) is 0 Å². The molecule has 3 fully saturated rings. The molecule has 0 aromatic carbocycles. The number of nitrogens with one attached hydrogen (secondary N) is 1. The molecule has 0 aromatic rings. The van der Waals surface area contributed by atoms with E-state index in [4.69, 9.17) is 19.9 Å². The Bertz CT molecular complexity index is 728. The average molecular weight is 449 g/mol. The first kappa shape index (κ1) is 25.1. The molecular formula is C25H40N2O5. The van der Waals surface area contributed by atoms with E-state index in [-0.39, 0.29) is 42.0 Å². The predicted octanol–water partition coefficient (Wildman–Crippen LogP) is 2.39. The third-order valence-corrected chi connectivity index (χ3v) is 6.67. The molecule has 0 aliphatic carbocycles. The van der Waals surface area contributed by atoms with Crippen LogP contribution in [0.25, 0.3) is 0 Å². The van der Waals surface area contributed by atoms with Crippen LogP contribution in [0.3, 0.4) is 0 Å². The zero-order valence-electron chi connectivity index (χ0n) is 19.8. The van der Waals surface area contributed by atoms with Gasteiger partial charge in [0.25, 0.3) is 0 Å². The van der Waals surface area contributed by atoms with Crippen molar-refractivity contribution in [2.75, 3.05) is 13.2 Å². The lowest BCUT2D eigenvalue weighted by molar-refractivity contribution is -0.123. The molecule has 0 bridgehead atoms. The number of epoxide rings is 1. The van der Waals surface area contributed by atoms with Gasteiger partial charge in [0.05, 0.1) is 48.8 Å². The van der Waals surface area contributed by atoms with Crippen molar-refractivity contribution in [1.29, 1.82) is 0 Å². The Hall–Kier alpha value is -1.51. The minimum absolute atomic E-state index is 0.00544. The number of amides is 1. The van der Waals surface area contributed by atoms with Crippen LogP contribution < -0.4 is 11.1 Å². The fourth-order valence-corrected chi connectivity index (χ4v) is 4.60. The molecule has 0 aromatic heterocycles. The molecule has 4 N–H and O–H groups in total. The van der Waals surface area contributed by atoms with Crippen molar-refractivity contribution in [2.45, 2.75) is 95.5 Å². The molecule has 7 nitrogen and oxygen atoms in total. The fraction of sp³-hybridized carbons (Fsp3) is 0.720. The number of aliphatic hydroxyl groups is 1. The highest BCUT2D eigenvalue weighted by Gasteiger charge is 2.50. The van der Waals surface area contributed by atoms with Gasteiger partial charge in [-0.3, -0.25) is 4.79 Å². The lowest BCUT2D eigenvalue weighted by atomic mass is 9.88. The monoisotopic (exact) mass is 448 g/mol. The highest BCUT2D eigenvalue weighted by molar-refractivity contribution is 5.87. The first-order valence-electron chi connectivity index (χ1n) is 11.9. The van der Waals surface area contributed by atoms with Crippen LogP contribution in [0, 0.1) is 5.92 Å². The summed E-state index contributed by atoms with van der Waals surface area (Å²) in [4.78, 5) is 12.0. The van der Waals surface area contributed by atoms with Crippen LogP contribution >= 0.6 is 0 Å². The van der Waals surface area contributed by atoms with Gasteiger partial charge in [0.2, 0.25) is 5.91 Å². The van der Waals surface area contributed by atoms with E-state index in [1.165, 1.54) is 17.7 Å². The minimum Gasteiger partial charge on any atom is -0.389 e. The molecule has 8 atom stereocenters. The first-order valence-corrected chi connectivity index (χ1v) is 11.9. The Morgan fingerprint density at radius 3 is 2.69 bits per heavy atom. The molecule has 1 unspecified atom stereocenters. The van der Waals surface area contributed by atoms with Gasteiger partial charge in [-0.15, -0.1) is 0 Å². The van der Waals surface area contributed by atoms with Crippen molar-refractivity contribution in [1.82, 2.24) is 5.32 Å². The van der Waals surface area contributed by atoms with E-state index < -0.39 is 6.10 Å². The minimum atomic E-state index is -0.636. The number of ether oxygens (including phenoxy) is 3. The van der Waals surface area contributed by atoms with Crippen LogP contribution in [0.4, 0.5) is 0 Å². The molecule has 1 spiro atoms. The van der Waals surface area contributed by atoms with E-state index in [0.717, 1.165) is 32.3 Å². The highest BCUT2D eigenvalue weighted by Crippen LogP contribution is 2.42. The normalized spacial score (nSPS) is 39.0. The van der Waals surface area contributed by atoms with Gasteiger partial charge >= 0.3 is 0 Å². The number of nitrogens with two attached hydrogens (primary N) is 1. The molecule has 0 radical (unpaired) electrons. The molecule has 32 heavy (non-hydrogen) atoms. The number of hydrogen-bond acceptors (Lipinski definition) is 6. The van der Waals surface area contributed by atoms with Crippen molar-refractivity contribution in [3.8, 4) is 0 Å². The predicted molar refractivity (Wildman–Crippen MR) is 124 cm³/mol. The largest absolute Gasteiger partial charge is 0.389 e. The molecule has 180 valence electrons. The fourth-order valence-electron chi connectivity index (χ4n) is 4.60. The van der Waals surface area contributed by atoms with Gasteiger partial charge in [-0.1, -0.05) is 36.8 Å². The van der Waals surface area contributed by atoms with Crippen molar-refractivity contribution < 1.29 is 24.1 Å². The van der Waals surface area contributed by atoms with E-state index in [1.54, 1.807) is 6.92 Å². The van der Waals surface area contributed by atoms with Gasteiger partial charge < -0.3 is 30.4 Å². The zero-order valence-corrected chi connectivity index (χ0v) is 19.8.